The molecule has 2 heterocycles. The number of nitrogens with one attached hydrogen (secondary N) is 2. The monoisotopic (exact) mass is 481 g/mol. The van der Waals surface area contributed by atoms with E-state index in [1.54, 1.807) is 14.2 Å². The average molecular weight is 481 g/mol. The van der Waals surface area contributed by atoms with Gasteiger partial charge in [0.15, 0.2) is 5.96 Å². The van der Waals surface area contributed by atoms with E-state index >= 15 is 0 Å². The van der Waals surface area contributed by atoms with Crippen LogP contribution < -0.4 is 20.3 Å². The van der Waals surface area contributed by atoms with Crippen molar-refractivity contribution in [2.75, 3.05) is 32.1 Å². The topological polar surface area (TPSA) is 61.8 Å². The highest BCUT2D eigenvalue weighted by Crippen LogP contribution is 2.18. The van der Waals surface area contributed by atoms with Crippen molar-refractivity contribution in [3.63, 3.8) is 0 Å². The normalized spacial score (nSPS) is 13.9. The van der Waals surface area contributed by atoms with Crippen molar-refractivity contribution >= 4 is 35.8 Å². The van der Waals surface area contributed by atoms with Crippen LogP contribution in [0.2, 0.25) is 0 Å². The summed E-state index contributed by atoms with van der Waals surface area (Å²) in [6, 6.07) is 12.2. The third kappa shape index (κ3) is 6.27. The second-order valence-corrected chi connectivity index (χ2v) is 6.34. The fourth-order valence-electron chi connectivity index (χ4n) is 3.03. The number of aromatic nitrogens is 1. The van der Waals surface area contributed by atoms with Crippen LogP contribution in [0.3, 0.4) is 0 Å². The molecule has 146 valence electrons. The number of nitrogens with zero attached hydrogens (tertiary/aromatic N) is 3. The predicted octanol–water partition coefficient (Wildman–Crippen LogP) is 3.17. The maximum absolute atomic E-state index is 5.18. The molecular weight excluding hydrogens is 453 g/mol. The van der Waals surface area contributed by atoms with E-state index in [4.69, 9.17) is 4.74 Å². The van der Waals surface area contributed by atoms with Gasteiger partial charge in [0, 0.05) is 39.4 Å². The van der Waals surface area contributed by atoms with E-state index in [1.165, 1.54) is 24.0 Å². The Kier molecular flexibility index (Phi) is 8.63. The molecule has 1 aliphatic rings. The Morgan fingerprint density at radius 3 is 2.37 bits per heavy atom. The minimum absolute atomic E-state index is 0. The lowest BCUT2D eigenvalue weighted by Crippen LogP contribution is -2.36. The lowest BCUT2D eigenvalue weighted by molar-refractivity contribution is 0.414. The zero-order valence-corrected chi connectivity index (χ0v) is 18.3. The summed E-state index contributed by atoms with van der Waals surface area (Å²) < 4.78 is 5.18. The largest absolute Gasteiger partial charge is 0.497 e. The Bertz CT molecular complexity index is 729. The Hall–Kier alpha value is -2.03. The van der Waals surface area contributed by atoms with Crippen molar-refractivity contribution in [3.05, 3.63) is 53.7 Å². The zero-order valence-electron chi connectivity index (χ0n) is 15.9. The smallest absolute Gasteiger partial charge is 0.191 e. The molecule has 0 aliphatic carbocycles. The Morgan fingerprint density at radius 1 is 1.07 bits per heavy atom. The molecule has 2 aromatic rings. The fraction of sp³-hybridized carbons (Fsp3) is 0.400. The maximum atomic E-state index is 5.18. The predicted molar refractivity (Wildman–Crippen MR) is 121 cm³/mol. The molecule has 0 amide bonds. The highest BCUT2D eigenvalue weighted by molar-refractivity contribution is 14.0. The summed E-state index contributed by atoms with van der Waals surface area (Å²) in [5.41, 5.74) is 2.38. The van der Waals surface area contributed by atoms with Crippen LogP contribution in [-0.2, 0) is 13.1 Å². The number of benzene rings is 1. The number of hydrogen-bond acceptors (Lipinski definition) is 4. The lowest BCUT2D eigenvalue weighted by Gasteiger charge is -2.17. The van der Waals surface area contributed by atoms with E-state index in [-0.39, 0.29) is 24.0 Å². The van der Waals surface area contributed by atoms with Gasteiger partial charge in [0.05, 0.1) is 7.11 Å². The van der Waals surface area contributed by atoms with Gasteiger partial charge in [-0.05, 0) is 48.2 Å². The number of pyridine rings is 1. The summed E-state index contributed by atoms with van der Waals surface area (Å²) >= 11 is 0. The summed E-state index contributed by atoms with van der Waals surface area (Å²) in [5.74, 6) is 2.71. The fourth-order valence-corrected chi connectivity index (χ4v) is 3.03. The highest BCUT2D eigenvalue weighted by atomic mass is 127. The average Bonchev–Trinajstić information content (AvgIpc) is 3.24. The third-order valence-electron chi connectivity index (χ3n) is 4.54. The Balaban J connectivity index is 0.00000261. The van der Waals surface area contributed by atoms with E-state index < -0.39 is 0 Å². The molecule has 1 saturated heterocycles. The second kappa shape index (κ2) is 11.0. The minimum atomic E-state index is 0. The van der Waals surface area contributed by atoms with E-state index in [0.29, 0.717) is 13.1 Å². The molecule has 7 heteroatoms. The standard InChI is InChI=1S/C20H27N5O.HI/c1-21-20(23-14-16-5-7-18(26-2)8-6-16)24-15-17-9-10-22-19(13-17)25-11-3-4-12-25;/h5-10,13H,3-4,11-12,14-15H2,1-2H3,(H2,21,23,24);1H. The van der Waals surface area contributed by atoms with E-state index in [0.717, 1.165) is 30.6 Å². The van der Waals surface area contributed by atoms with Crippen molar-refractivity contribution in [1.29, 1.82) is 0 Å². The zero-order chi connectivity index (χ0) is 18.2. The molecule has 2 N–H and O–H groups in total. The summed E-state index contributed by atoms with van der Waals surface area (Å²) in [4.78, 5) is 11.1. The molecule has 0 bridgehead atoms. The number of guanidine groups is 1. The van der Waals surface area contributed by atoms with E-state index in [1.807, 2.05) is 36.5 Å². The number of methoxy groups -OCH3 is 1. The van der Waals surface area contributed by atoms with Crippen molar-refractivity contribution in [3.8, 4) is 5.75 Å². The van der Waals surface area contributed by atoms with Gasteiger partial charge in [0.2, 0.25) is 0 Å². The number of aliphatic imine (C=N–C) groups is 1. The van der Waals surface area contributed by atoms with Crippen LogP contribution in [-0.4, -0.2) is 38.2 Å². The second-order valence-electron chi connectivity index (χ2n) is 6.34. The number of rotatable bonds is 6. The van der Waals surface area contributed by atoms with Gasteiger partial charge in [-0.3, -0.25) is 4.99 Å². The van der Waals surface area contributed by atoms with Crippen LogP contribution >= 0.6 is 24.0 Å². The van der Waals surface area contributed by atoms with E-state index in [2.05, 4.69) is 31.6 Å². The molecular formula is C20H28IN5O. The van der Waals surface area contributed by atoms with Gasteiger partial charge in [-0.15, -0.1) is 24.0 Å². The van der Waals surface area contributed by atoms with Crippen molar-refractivity contribution in [2.45, 2.75) is 25.9 Å². The number of anilines is 1. The van der Waals surface area contributed by atoms with Crippen molar-refractivity contribution in [1.82, 2.24) is 15.6 Å². The maximum Gasteiger partial charge on any atom is 0.191 e. The summed E-state index contributed by atoms with van der Waals surface area (Å²) in [6.45, 7) is 3.63. The quantitative estimate of drug-likeness (QED) is 0.377. The molecule has 0 atom stereocenters. The molecule has 0 radical (unpaired) electrons. The molecule has 3 rings (SSSR count). The van der Waals surface area contributed by atoms with Crippen molar-refractivity contribution < 1.29 is 4.74 Å². The van der Waals surface area contributed by atoms with Crippen LogP contribution in [0.4, 0.5) is 5.82 Å². The van der Waals surface area contributed by atoms with Gasteiger partial charge >= 0.3 is 0 Å². The van der Waals surface area contributed by atoms with Gasteiger partial charge in [0.1, 0.15) is 11.6 Å². The first-order valence-electron chi connectivity index (χ1n) is 9.06. The van der Waals surface area contributed by atoms with Gasteiger partial charge < -0.3 is 20.3 Å². The SMILES string of the molecule is CN=C(NCc1ccc(OC)cc1)NCc1ccnc(N2CCCC2)c1.I. The molecule has 27 heavy (non-hydrogen) atoms. The number of halogens is 1. The van der Waals surface area contributed by atoms with Gasteiger partial charge in [0.25, 0.3) is 0 Å². The summed E-state index contributed by atoms with van der Waals surface area (Å²) in [5, 5.41) is 6.70. The van der Waals surface area contributed by atoms with Crippen LogP contribution in [0.1, 0.15) is 24.0 Å². The van der Waals surface area contributed by atoms with Crippen LogP contribution in [0, 0.1) is 0 Å². The van der Waals surface area contributed by atoms with Gasteiger partial charge in [-0.25, -0.2) is 4.98 Å². The highest BCUT2D eigenvalue weighted by Gasteiger charge is 2.13. The van der Waals surface area contributed by atoms with Crippen LogP contribution in [0.5, 0.6) is 5.75 Å². The lowest BCUT2D eigenvalue weighted by atomic mass is 10.2. The third-order valence-corrected chi connectivity index (χ3v) is 4.54. The first kappa shape index (κ1) is 21.3. The van der Waals surface area contributed by atoms with E-state index in [9.17, 15) is 0 Å². The molecule has 0 saturated carbocycles. The molecule has 0 unspecified atom stereocenters. The molecule has 1 aliphatic heterocycles. The molecule has 6 nitrogen and oxygen atoms in total. The van der Waals surface area contributed by atoms with Gasteiger partial charge in [-0.1, -0.05) is 12.1 Å². The Morgan fingerprint density at radius 2 is 1.74 bits per heavy atom. The first-order valence-corrected chi connectivity index (χ1v) is 9.06. The summed E-state index contributed by atoms with van der Waals surface area (Å²) in [6.07, 6.45) is 4.40. The molecule has 1 fully saturated rings. The summed E-state index contributed by atoms with van der Waals surface area (Å²) in [7, 11) is 3.46. The number of hydrogen-bond donors (Lipinski definition) is 2. The van der Waals surface area contributed by atoms with Gasteiger partial charge in [-0.2, -0.15) is 0 Å². The van der Waals surface area contributed by atoms with Crippen molar-refractivity contribution in [2.24, 2.45) is 4.99 Å². The number of ether oxygens (including phenoxy) is 1. The Labute approximate surface area is 178 Å². The minimum Gasteiger partial charge on any atom is -0.497 e. The molecule has 0 spiro atoms. The van der Waals surface area contributed by atoms with Crippen LogP contribution in [0.25, 0.3) is 0 Å². The molecule has 1 aromatic heterocycles. The first-order chi connectivity index (χ1) is 12.8. The molecule has 1 aromatic carbocycles. The van der Waals surface area contributed by atoms with Crippen LogP contribution in [0.15, 0.2) is 47.6 Å².